The Balaban J connectivity index is 1.65. The summed E-state index contributed by atoms with van der Waals surface area (Å²) in [5, 5.41) is 3.78. The molecule has 3 amide bonds. The van der Waals surface area contributed by atoms with Gasteiger partial charge in [-0.3, -0.25) is 25.2 Å². The van der Waals surface area contributed by atoms with Crippen LogP contribution >= 0.6 is 35.0 Å². The van der Waals surface area contributed by atoms with Crippen LogP contribution in [0.3, 0.4) is 0 Å². The molecule has 2 rings (SSSR count). The predicted molar refractivity (Wildman–Crippen MR) is 104 cm³/mol. The van der Waals surface area contributed by atoms with Crippen molar-refractivity contribution in [3.8, 4) is 0 Å². The molecule has 0 heterocycles. The quantitative estimate of drug-likeness (QED) is 0.637. The Morgan fingerprint density at radius 1 is 0.769 bits per heavy atom. The van der Waals surface area contributed by atoms with Gasteiger partial charge in [-0.1, -0.05) is 23.2 Å². The number of anilines is 1. The summed E-state index contributed by atoms with van der Waals surface area (Å²) in [4.78, 5) is 35.3. The summed E-state index contributed by atoms with van der Waals surface area (Å²) in [5.41, 5.74) is 5.57. The van der Waals surface area contributed by atoms with Crippen LogP contribution in [0.2, 0.25) is 10.0 Å². The van der Waals surface area contributed by atoms with Crippen LogP contribution in [0.15, 0.2) is 48.5 Å². The molecule has 0 fully saturated rings. The van der Waals surface area contributed by atoms with Gasteiger partial charge in [0.15, 0.2) is 0 Å². The van der Waals surface area contributed by atoms with E-state index in [-0.39, 0.29) is 17.4 Å². The Morgan fingerprint density at radius 2 is 1.31 bits per heavy atom. The molecule has 0 bridgehead atoms. The molecule has 0 spiro atoms. The van der Waals surface area contributed by atoms with Crippen LogP contribution in [-0.2, 0) is 9.59 Å². The summed E-state index contributed by atoms with van der Waals surface area (Å²) >= 11 is 12.6. The number of nitrogens with one attached hydrogen (secondary N) is 3. The molecule has 0 unspecified atom stereocenters. The van der Waals surface area contributed by atoms with Gasteiger partial charge in [-0.2, -0.15) is 0 Å². The minimum atomic E-state index is -0.458. The van der Waals surface area contributed by atoms with Gasteiger partial charge in [0.1, 0.15) is 0 Å². The molecule has 0 aliphatic rings. The summed E-state index contributed by atoms with van der Waals surface area (Å²) in [6.07, 6.45) is 0. The van der Waals surface area contributed by atoms with Crippen molar-refractivity contribution >= 4 is 58.4 Å². The molecule has 0 saturated heterocycles. The molecule has 0 saturated carbocycles. The third-order valence-corrected chi connectivity index (χ3v) is 4.45. The Labute approximate surface area is 164 Å². The largest absolute Gasteiger partial charge is 0.325 e. The van der Waals surface area contributed by atoms with Crippen molar-refractivity contribution in [3.63, 3.8) is 0 Å². The van der Waals surface area contributed by atoms with Crippen molar-refractivity contribution in [2.45, 2.75) is 0 Å². The number of carbonyl (C=O) groups excluding carboxylic acids is 3. The Bertz CT molecular complexity index is 783. The minimum Gasteiger partial charge on any atom is -0.325 e. The van der Waals surface area contributed by atoms with Crippen molar-refractivity contribution < 1.29 is 14.4 Å². The van der Waals surface area contributed by atoms with Gasteiger partial charge in [-0.15, -0.1) is 11.8 Å². The maximum Gasteiger partial charge on any atom is 0.269 e. The highest BCUT2D eigenvalue weighted by Gasteiger charge is 2.09. The lowest BCUT2D eigenvalue weighted by atomic mass is 10.2. The summed E-state index contributed by atoms with van der Waals surface area (Å²) in [5.74, 6) is -0.997. The summed E-state index contributed by atoms with van der Waals surface area (Å²) < 4.78 is 0. The van der Waals surface area contributed by atoms with Crippen molar-refractivity contribution in [1.82, 2.24) is 10.9 Å². The smallest absolute Gasteiger partial charge is 0.269 e. The summed E-state index contributed by atoms with van der Waals surface area (Å²) in [6.45, 7) is 0. The number of thioether (sulfide) groups is 1. The molecule has 0 aromatic heterocycles. The molecule has 26 heavy (non-hydrogen) atoms. The second-order valence-corrected chi connectivity index (χ2v) is 6.92. The van der Waals surface area contributed by atoms with Crippen molar-refractivity contribution in [2.24, 2.45) is 0 Å². The van der Waals surface area contributed by atoms with Gasteiger partial charge in [-0.25, -0.2) is 0 Å². The van der Waals surface area contributed by atoms with E-state index in [4.69, 9.17) is 23.2 Å². The first kappa shape index (κ1) is 20.1. The number of hydrazine groups is 1. The van der Waals surface area contributed by atoms with E-state index in [1.54, 1.807) is 48.5 Å². The zero-order valence-corrected chi connectivity index (χ0v) is 15.8. The van der Waals surface area contributed by atoms with E-state index < -0.39 is 11.8 Å². The first-order valence-corrected chi connectivity index (χ1v) is 9.33. The van der Waals surface area contributed by atoms with Crippen molar-refractivity contribution in [1.29, 1.82) is 0 Å². The standard InChI is InChI=1S/C17H15Cl2N3O3S/c18-12-3-1-11(2-4-12)17(25)22-21-16(24)10-26-9-15(23)20-14-7-5-13(19)6-8-14/h1-8H,9-10H2,(H,20,23)(H,21,24)(H,22,25). The second kappa shape index (κ2) is 10.1. The van der Waals surface area contributed by atoms with Crippen LogP contribution in [-0.4, -0.2) is 29.2 Å². The maximum absolute atomic E-state index is 11.8. The second-order valence-electron chi connectivity index (χ2n) is 5.06. The predicted octanol–water partition coefficient (Wildman–Crippen LogP) is 3.13. The number of halogens is 2. The highest BCUT2D eigenvalue weighted by molar-refractivity contribution is 8.00. The molecule has 0 radical (unpaired) electrons. The molecule has 2 aromatic carbocycles. The Kier molecular flexibility index (Phi) is 7.77. The summed E-state index contributed by atoms with van der Waals surface area (Å²) in [6, 6.07) is 12.9. The molecule has 9 heteroatoms. The zero-order chi connectivity index (χ0) is 18.9. The van der Waals surface area contributed by atoms with Crippen LogP contribution in [0.4, 0.5) is 5.69 Å². The zero-order valence-electron chi connectivity index (χ0n) is 13.4. The van der Waals surface area contributed by atoms with Gasteiger partial charge in [0, 0.05) is 21.3 Å². The highest BCUT2D eigenvalue weighted by Crippen LogP contribution is 2.14. The number of rotatable bonds is 6. The molecule has 0 atom stereocenters. The lowest BCUT2D eigenvalue weighted by Crippen LogP contribution is -2.42. The molecule has 0 aliphatic carbocycles. The lowest BCUT2D eigenvalue weighted by molar-refractivity contribution is -0.119. The van der Waals surface area contributed by atoms with Crippen LogP contribution in [0.25, 0.3) is 0 Å². The minimum absolute atomic E-state index is 0.0228. The van der Waals surface area contributed by atoms with Crippen molar-refractivity contribution in [3.05, 3.63) is 64.1 Å². The van der Waals surface area contributed by atoms with Gasteiger partial charge >= 0.3 is 0 Å². The lowest BCUT2D eigenvalue weighted by Gasteiger charge is -2.08. The van der Waals surface area contributed by atoms with Crippen LogP contribution in [0.5, 0.6) is 0 Å². The van der Waals surface area contributed by atoms with Gasteiger partial charge in [0.25, 0.3) is 5.91 Å². The number of benzene rings is 2. The summed E-state index contributed by atoms with van der Waals surface area (Å²) in [7, 11) is 0. The van der Waals surface area contributed by atoms with Crippen molar-refractivity contribution in [2.75, 3.05) is 16.8 Å². The van der Waals surface area contributed by atoms with Gasteiger partial charge in [0.2, 0.25) is 11.8 Å². The van der Waals surface area contributed by atoms with E-state index in [1.807, 2.05) is 0 Å². The SMILES string of the molecule is O=C(CSCC(=O)Nc1ccc(Cl)cc1)NNC(=O)c1ccc(Cl)cc1. The monoisotopic (exact) mass is 411 g/mol. The van der Waals surface area contributed by atoms with Gasteiger partial charge in [-0.05, 0) is 48.5 Å². The number of amides is 3. The van der Waals surface area contributed by atoms with Crippen LogP contribution in [0, 0.1) is 0 Å². The maximum atomic E-state index is 11.8. The van der Waals surface area contributed by atoms with Crippen LogP contribution < -0.4 is 16.2 Å². The first-order chi connectivity index (χ1) is 12.4. The van der Waals surface area contributed by atoms with E-state index in [0.29, 0.717) is 21.3 Å². The number of hydrogen-bond acceptors (Lipinski definition) is 4. The average Bonchev–Trinajstić information content (AvgIpc) is 2.62. The van der Waals surface area contributed by atoms with E-state index in [1.165, 1.54) is 0 Å². The molecular formula is C17H15Cl2N3O3S. The normalized spacial score (nSPS) is 10.1. The van der Waals surface area contributed by atoms with E-state index in [9.17, 15) is 14.4 Å². The van der Waals surface area contributed by atoms with E-state index in [2.05, 4.69) is 16.2 Å². The third kappa shape index (κ3) is 6.95. The fourth-order valence-electron chi connectivity index (χ4n) is 1.80. The Hall–Kier alpha value is -2.22. The fraction of sp³-hybridized carbons (Fsp3) is 0.118. The fourth-order valence-corrected chi connectivity index (χ4v) is 2.67. The topological polar surface area (TPSA) is 87.3 Å². The highest BCUT2D eigenvalue weighted by atomic mass is 35.5. The average molecular weight is 412 g/mol. The molecule has 0 aliphatic heterocycles. The Morgan fingerprint density at radius 3 is 1.92 bits per heavy atom. The molecular weight excluding hydrogens is 397 g/mol. The molecule has 136 valence electrons. The third-order valence-electron chi connectivity index (χ3n) is 3.02. The molecule has 2 aromatic rings. The van der Waals surface area contributed by atoms with E-state index >= 15 is 0 Å². The van der Waals surface area contributed by atoms with Gasteiger partial charge in [0.05, 0.1) is 11.5 Å². The van der Waals surface area contributed by atoms with E-state index in [0.717, 1.165) is 11.8 Å². The number of hydrogen-bond donors (Lipinski definition) is 3. The van der Waals surface area contributed by atoms with Gasteiger partial charge < -0.3 is 5.32 Å². The molecule has 6 nitrogen and oxygen atoms in total. The molecule has 3 N–H and O–H groups in total. The van der Waals surface area contributed by atoms with Crippen LogP contribution in [0.1, 0.15) is 10.4 Å². The number of carbonyl (C=O) groups is 3. The first-order valence-electron chi connectivity index (χ1n) is 7.42.